The fraction of sp³-hybridized carbons (Fsp3) is 0.0952. The van der Waals surface area contributed by atoms with Crippen molar-refractivity contribution in [3.05, 3.63) is 72.3 Å². The molecule has 1 aliphatic rings. The van der Waals surface area contributed by atoms with Gasteiger partial charge in [0, 0.05) is 11.8 Å². The Balaban J connectivity index is 1.52. The van der Waals surface area contributed by atoms with E-state index in [0.29, 0.717) is 17.2 Å². The van der Waals surface area contributed by atoms with Crippen LogP contribution < -0.4 is 24.2 Å². The van der Waals surface area contributed by atoms with Gasteiger partial charge in [0.05, 0.1) is 16.1 Å². The van der Waals surface area contributed by atoms with Gasteiger partial charge in [0.25, 0.3) is 15.9 Å². The molecular weight excluding hydrogens is 465 g/mol. The van der Waals surface area contributed by atoms with Crippen molar-refractivity contribution in [2.45, 2.75) is 11.3 Å². The second-order valence-electron chi connectivity index (χ2n) is 6.69. The summed E-state index contributed by atoms with van der Waals surface area (Å²) in [4.78, 5) is 12.5. The molecule has 0 bridgehead atoms. The first-order chi connectivity index (χ1) is 15.6. The Morgan fingerprint density at radius 1 is 0.939 bits per heavy atom. The molecule has 1 aliphatic heterocycles. The number of benzene rings is 3. The normalized spacial score (nSPS) is 12.8. The number of fused-ring (bicyclic) bond motifs is 1. The maximum atomic E-state index is 12.8. The number of para-hydroxylation sites is 1. The smallest absolute Gasteiger partial charge is 0.454 e. The molecule has 0 saturated carbocycles. The number of anilines is 2. The first-order valence-electron chi connectivity index (χ1n) is 9.29. The van der Waals surface area contributed by atoms with Gasteiger partial charge in [-0.15, -0.1) is 13.2 Å². The average Bonchev–Trinajstić information content (AvgIpc) is 3.21. The minimum atomic E-state index is -4.90. The van der Waals surface area contributed by atoms with Crippen LogP contribution in [0.4, 0.5) is 24.5 Å². The van der Waals surface area contributed by atoms with Crippen LogP contribution >= 0.6 is 0 Å². The Morgan fingerprint density at radius 3 is 2.36 bits per heavy atom. The molecule has 3 aromatic carbocycles. The highest BCUT2D eigenvalue weighted by atomic mass is 32.2. The molecule has 172 valence electrons. The van der Waals surface area contributed by atoms with Crippen LogP contribution in [0.3, 0.4) is 0 Å². The number of halogens is 3. The van der Waals surface area contributed by atoms with Crippen LogP contribution in [0.5, 0.6) is 17.2 Å². The van der Waals surface area contributed by atoms with Gasteiger partial charge in [0.1, 0.15) is 5.75 Å². The summed E-state index contributed by atoms with van der Waals surface area (Å²) in [5, 5.41) is 2.65. The van der Waals surface area contributed by atoms with Crippen molar-refractivity contribution in [3.63, 3.8) is 0 Å². The lowest BCUT2D eigenvalue weighted by Gasteiger charge is -2.14. The van der Waals surface area contributed by atoms with Gasteiger partial charge in [-0.25, -0.2) is 8.42 Å². The molecule has 12 heteroatoms. The number of sulfonamides is 1. The molecule has 0 unspecified atom stereocenters. The maximum absolute atomic E-state index is 12.8. The SMILES string of the molecule is O=C(Nc1ccc2c(c1)OCO2)c1ccccc1NS(=O)(=O)c1ccc(OC(F)(F)F)cc1. The van der Waals surface area contributed by atoms with Crippen LogP contribution in [0, 0.1) is 0 Å². The number of hydrogen-bond donors (Lipinski definition) is 2. The Labute approximate surface area is 185 Å². The van der Waals surface area contributed by atoms with Crippen molar-refractivity contribution in [1.29, 1.82) is 0 Å². The third-order valence-electron chi connectivity index (χ3n) is 4.41. The second-order valence-corrected chi connectivity index (χ2v) is 8.37. The summed E-state index contributed by atoms with van der Waals surface area (Å²) in [6.07, 6.45) is -4.90. The van der Waals surface area contributed by atoms with Crippen LogP contribution in [0.2, 0.25) is 0 Å². The van der Waals surface area contributed by atoms with E-state index in [1.165, 1.54) is 18.2 Å². The van der Waals surface area contributed by atoms with Crippen molar-refractivity contribution in [2.75, 3.05) is 16.8 Å². The molecule has 0 spiro atoms. The van der Waals surface area contributed by atoms with Crippen molar-refractivity contribution in [2.24, 2.45) is 0 Å². The van der Waals surface area contributed by atoms with Gasteiger partial charge < -0.3 is 19.5 Å². The minimum Gasteiger partial charge on any atom is -0.454 e. The molecule has 0 saturated heterocycles. The van der Waals surface area contributed by atoms with Gasteiger partial charge in [-0.2, -0.15) is 0 Å². The summed E-state index contributed by atoms with van der Waals surface area (Å²) >= 11 is 0. The van der Waals surface area contributed by atoms with Crippen molar-refractivity contribution < 1.29 is 40.6 Å². The number of ether oxygens (including phenoxy) is 3. The van der Waals surface area contributed by atoms with Gasteiger partial charge in [-0.05, 0) is 48.5 Å². The maximum Gasteiger partial charge on any atom is 0.573 e. The second kappa shape index (κ2) is 8.54. The van der Waals surface area contributed by atoms with E-state index in [1.807, 2.05) is 0 Å². The Morgan fingerprint density at radius 2 is 1.64 bits per heavy atom. The summed E-state index contributed by atoms with van der Waals surface area (Å²) in [7, 11) is -4.21. The number of carbonyl (C=O) groups excluding carboxylic acids is 1. The topological polar surface area (TPSA) is 103 Å². The summed E-state index contributed by atoms with van der Waals surface area (Å²) < 4.78 is 78.8. The number of rotatable bonds is 6. The molecule has 0 aliphatic carbocycles. The minimum absolute atomic E-state index is 0.0219. The fourth-order valence-electron chi connectivity index (χ4n) is 2.97. The van der Waals surface area contributed by atoms with Gasteiger partial charge in [0.2, 0.25) is 6.79 Å². The lowest BCUT2D eigenvalue weighted by molar-refractivity contribution is -0.274. The number of carbonyl (C=O) groups is 1. The Hall–Kier alpha value is -3.93. The lowest BCUT2D eigenvalue weighted by Crippen LogP contribution is -2.19. The van der Waals surface area contributed by atoms with E-state index in [2.05, 4.69) is 14.8 Å². The number of hydrogen-bond acceptors (Lipinski definition) is 6. The molecule has 8 nitrogen and oxygen atoms in total. The third-order valence-corrected chi connectivity index (χ3v) is 5.80. The predicted octanol–water partition coefficient (Wildman–Crippen LogP) is 4.37. The van der Waals surface area contributed by atoms with E-state index in [0.717, 1.165) is 24.3 Å². The van der Waals surface area contributed by atoms with Gasteiger partial charge in [-0.1, -0.05) is 12.1 Å². The van der Waals surface area contributed by atoms with E-state index in [9.17, 15) is 26.4 Å². The third kappa shape index (κ3) is 5.29. The zero-order valence-corrected chi connectivity index (χ0v) is 17.4. The van der Waals surface area contributed by atoms with Crippen molar-refractivity contribution >= 4 is 27.3 Å². The van der Waals surface area contributed by atoms with Gasteiger partial charge >= 0.3 is 6.36 Å². The zero-order valence-electron chi connectivity index (χ0n) is 16.5. The van der Waals surface area contributed by atoms with E-state index in [4.69, 9.17) is 9.47 Å². The summed E-state index contributed by atoms with van der Waals surface area (Å²) in [6, 6.07) is 14.3. The van der Waals surface area contributed by atoms with Crippen LogP contribution in [-0.4, -0.2) is 27.5 Å². The number of nitrogens with one attached hydrogen (secondary N) is 2. The fourth-order valence-corrected chi connectivity index (χ4v) is 4.05. The first kappa shape index (κ1) is 22.3. The number of amides is 1. The monoisotopic (exact) mass is 480 g/mol. The van der Waals surface area contributed by atoms with Gasteiger partial charge in [-0.3, -0.25) is 9.52 Å². The van der Waals surface area contributed by atoms with Crippen LogP contribution in [0.15, 0.2) is 71.6 Å². The van der Waals surface area contributed by atoms with E-state index in [-0.39, 0.29) is 22.9 Å². The molecule has 1 amide bonds. The quantitative estimate of drug-likeness (QED) is 0.543. The summed E-state index contributed by atoms with van der Waals surface area (Å²) in [5.74, 6) is -0.168. The highest BCUT2D eigenvalue weighted by Crippen LogP contribution is 2.34. The zero-order chi connectivity index (χ0) is 23.6. The average molecular weight is 480 g/mol. The standard InChI is InChI=1S/C21H15F3N2O6S/c22-21(23,24)32-14-6-8-15(9-7-14)33(28,29)26-17-4-2-1-3-16(17)20(27)25-13-5-10-18-19(11-13)31-12-30-18/h1-11,26H,12H2,(H,25,27). The predicted molar refractivity (Wildman–Crippen MR) is 111 cm³/mol. The van der Waals surface area contributed by atoms with E-state index in [1.54, 1.807) is 24.3 Å². The molecule has 0 atom stereocenters. The highest BCUT2D eigenvalue weighted by molar-refractivity contribution is 7.92. The van der Waals surface area contributed by atoms with Crippen LogP contribution in [0.25, 0.3) is 0 Å². The van der Waals surface area contributed by atoms with E-state index < -0.39 is 28.0 Å². The molecular formula is C21H15F3N2O6S. The van der Waals surface area contributed by atoms with E-state index >= 15 is 0 Å². The largest absolute Gasteiger partial charge is 0.573 e. The molecule has 1 heterocycles. The van der Waals surface area contributed by atoms with Crippen molar-refractivity contribution in [1.82, 2.24) is 0 Å². The molecule has 3 aromatic rings. The van der Waals surface area contributed by atoms with Gasteiger partial charge in [0.15, 0.2) is 11.5 Å². The molecule has 2 N–H and O–H groups in total. The van der Waals surface area contributed by atoms with Crippen LogP contribution in [-0.2, 0) is 10.0 Å². The summed E-state index contributed by atoms with van der Waals surface area (Å²) in [6.45, 7) is 0.0701. The first-order valence-corrected chi connectivity index (χ1v) is 10.8. The molecule has 4 rings (SSSR count). The highest BCUT2D eigenvalue weighted by Gasteiger charge is 2.31. The Kier molecular flexibility index (Phi) is 5.77. The molecule has 0 radical (unpaired) electrons. The Bertz CT molecular complexity index is 1290. The molecule has 0 fully saturated rings. The summed E-state index contributed by atoms with van der Waals surface area (Å²) in [5.41, 5.74) is 0.407. The molecule has 33 heavy (non-hydrogen) atoms. The van der Waals surface area contributed by atoms with Crippen molar-refractivity contribution in [3.8, 4) is 17.2 Å². The van der Waals surface area contributed by atoms with Crippen LogP contribution in [0.1, 0.15) is 10.4 Å². The number of alkyl halides is 3. The lowest BCUT2D eigenvalue weighted by atomic mass is 10.1. The molecule has 0 aromatic heterocycles.